The predicted octanol–water partition coefficient (Wildman–Crippen LogP) is 0.628. The van der Waals surface area contributed by atoms with E-state index in [-0.39, 0.29) is 11.9 Å². The molecular formula is C10H21N3O. The first-order valence-corrected chi connectivity index (χ1v) is 5.36. The molecule has 0 radical (unpaired) electrons. The molecule has 0 aromatic carbocycles. The summed E-state index contributed by atoms with van der Waals surface area (Å²) in [7, 11) is 0. The summed E-state index contributed by atoms with van der Waals surface area (Å²) in [6.45, 7) is 6.16. The minimum absolute atomic E-state index is 0.280. The van der Waals surface area contributed by atoms with Crippen molar-refractivity contribution in [3.05, 3.63) is 0 Å². The van der Waals surface area contributed by atoms with E-state index < -0.39 is 0 Å². The number of nitrogens with one attached hydrogen (secondary N) is 1. The Kier molecular flexibility index (Phi) is 3.89. The Hall–Kier alpha value is -0.610. The molecule has 3 atom stereocenters. The summed E-state index contributed by atoms with van der Waals surface area (Å²) in [5.74, 6) is -0.296. The van der Waals surface area contributed by atoms with Crippen LogP contribution >= 0.6 is 0 Å². The van der Waals surface area contributed by atoms with Gasteiger partial charge in [0.2, 0.25) is 5.91 Å². The number of primary amides is 1. The molecule has 82 valence electrons. The predicted molar refractivity (Wildman–Crippen MR) is 56.4 cm³/mol. The molecule has 0 aromatic heterocycles. The average Bonchev–Trinajstić information content (AvgIpc) is 2.11. The van der Waals surface area contributed by atoms with Crippen LogP contribution in [0.25, 0.3) is 0 Å². The van der Waals surface area contributed by atoms with Crippen molar-refractivity contribution in [2.24, 2.45) is 5.73 Å². The monoisotopic (exact) mass is 199 g/mol. The summed E-state index contributed by atoms with van der Waals surface area (Å²) < 4.78 is 0. The highest BCUT2D eigenvalue weighted by molar-refractivity contribution is 5.79. The second-order valence-electron chi connectivity index (χ2n) is 4.29. The van der Waals surface area contributed by atoms with E-state index in [4.69, 9.17) is 5.73 Å². The molecule has 0 spiro atoms. The van der Waals surface area contributed by atoms with Gasteiger partial charge in [0.15, 0.2) is 0 Å². The van der Waals surface area contributed by atoms with Crippen LogP contribution in [0.4, 0.5) is 0 Å². The van der Waals surface area contributed by atoms with Gasteiger partial charge in [0.25, 0.3) is 0 Å². The third kappa shape index (κ3) is 2.69. The fourth-order valence-electron chi connectivity index (χ4n) is 1.96. The lowest BCUT2D eigenvalue weighted by Crippen LogP contribution is -2.57. The van der Waals surface area contributed by atoms with Gasteiger partial charge in [0.05, 0.1) is 6.04 Å². The third-order valence-corrected chi connectivity index (χ3v) is 2.96. The lowest BCUT2D eigenvalue weighted by Gasteiger charge is -2.40. The maximum atomic E-state index is 10.9. The quantitative estimate of drug-likeness (QED) is 0.701. The number of nitrogens with zero attached hydrogens (tertiary/aromatic N) is 1. The van der Waals surface area contributed by atoms with Gasteiger partial charge in [-0.1, -0.05) is 6.42 Å². The Labute approximate surface area is 85.8 Å². The van der Waals surface area contributed by atoms with Gasteiger partial charge in [-0.2, -0.15) is 0 Å². The lowest BCUT2D eigenvalue weighted by atomic mass is 10.00. The van der Waals surface area contributed by atoms with Crippen molar-refractivity contribution in [1.82, 2.24) is 10.4 Å². The van der Waals surface area contributed by atoms with Crippen LogP contribution in [0.3, 0.4) is 0 Å². The van der Waals surface area contributed by atoms with Crippen molar-refractivity contribution in [1.29, 1.82) is 0 Å². The highest BCUT2D eigenvalue weighted by Crippen LogP contribution is 2.20. The number of carbonyl (C=O) groups excluding carboxylic acids is 1. The summed E-state index contributed by atoms with van der Waals surface area (Å²) >= 11 is 0. The second kappa shape index (κ2) is 4.75. The van der Waals surface area contributed by atoms with Crippen LogP contribution in [-0.2, 0) is 4.79 Å². The topological polar surface area (TPSA) is 58.4 Å². The highest BCUT2D eigenvalue weighted by Gasteiger charge is 2.26. The molecule has 1 amide bonds. The fourth-order valence-corrected chi connectivity index (χ4v) is 1.96. The highest BCUT2D eigenvalue weighted by atomic mass is 16.1. The first kappa shape index (κ1) is 11.5. The van der Waals surface area contributed by atoms with Gasteiger partial charge in [-0.15, -0.1) is 0 Å². The third-order valence-electron chi connectivity index (χ3n) is 2.96. The van der Waals surface area contributed by atoms with Crippen LogP contribution in [0.2, 0.25) is 0 Å². The maximum absolute atomic E-state index is 10.9. The van der Waals surface area contributed by atoms with E-state index in [9.17, 15) is 4.79 Å². The van der Waals surface area contributed by atoms with Crippen LogP contribution in [0, 0.1) is 0 Å². The summed E-state index contributed by atoms with van der Waals surface area (Å²) in [5, 5.41) is 2.17. The number of piperidine rings is 1. The summed E-state index contributed by atoms with van der Waals surface area (Å²) in [5.41, 5.74) is 8.39. The molecule has 4 nitrogen and oxygen atoms in total. The van der Waals surface area contributed by atoms with Crippen LogP contribution in [0.15, 0.2) is 0 Å². The molecule has 0 saturated carbocycles. The van der Waals surface area contributed by atoms with Gasteiger partial charge >= 0.3 is 0 Å². The number of rotatable bonds is 3. The number of hydrogen-bond donors (Lipinski definition) is 2. The van der Waals surface area contributed by atoms with Crippen LogP contribution in [-0.4, -0.2) is 29.0 Å². The first-order valence-electron chi connectivity index (χ1n) is 5.36. The molecule has 1 saturated heterocycles. The van der Waals surface area contributed by atoms with Crippen LogP contribution in [0.5, 0.6) is 0 Å². The molecule has 3 N–H and O–H groups in total. The van der Waals surface area contributed by atoms with E-state index in [0.717, 1.165) is 0 Å². The molecule has 1 rings (SSSR count). The molecule has 1 heterocycles. The SMILES string of the molecule is CC(NN1C(C)CCCC1C)C(N)=O. The Morgan fingerprint density at radius 1 is 1.43 bits per heavy atom. The summed E-state index contributed by atoms with van der Waals surface area (Å²) in [4.78, 5) is 10.9. The van der Waals surface area contributed by atoms with E-state index in [1.165, 1.54) is 19.3 Å². The molecule has 4 heteroatoms. The zero-order valence-electron chi connectivity index (χ0n) is 9.29. The minimum Gasteiger partial charge on any atom is -0.368 e. The molecule has 1 fully saturated rings. The largest absolute Gasteiger partial charge is 0.368 e. The van der Waals surface area contributed by atoms with Gasteiger partial charge in [-0.25, -0.2) is 10.4 Å². The zero-order valence-corrected chi connectivity index (χ0v) is 9.29. The summed E-state index contributed by atoms with van der Waals surface area (Å²) in [6, 6.07) is 0.694. The Balaban J connectivity index is 2.51. The molecule has 1 aliphatic rings. The number of amides is 1. The molecule has 0 aromatic rings. The van der Waals surface area contributed by atoms with Gasteiger partial charge in [0, 0.05) is 12.1 Å². The van der Waals surface area contributed by atoms with Gasteiger partial charge in [-0.3, -0.25) is 4.79 Å². The van der Waals surface area contributed by atoms with E-state index in [1.54, 1.807) is 6.92 Å². The summed E-state index contributed by atoms with van der Waals surface area (Å²) in [6.07, 6.45) is 3.64. The molecule has 3 unspecified atom stereocenters. The molecule has 1 aliphatic heterocycles. The Bertz CT molecular complexity index is 198. The van der Waals surface area contributed by atoms with E-state index in [0.29, 0.717) is 12.1 Å². The zero-order chi connectivity index (χ0) is 10.7. The number of hydrogen-bond acceptors (Lipinski definition) is 3. The standard InChI is InChI=1S/C10H21N3O/c1-7-5-4-6-8(2)13(7)12-9(3)10(11)14/h7-9,12H,4-6H2,1-3H3,(H2,11,14). The van der Waals surface area contributed by atoms with E-state index >= 15 is 0 Å². The van der Waals surface area contributed by atoms with E-state index in [2.05, 4.69) is 24.3 Å². The van der Waals surface area contributed by atoms with Crippen molar-refractivity contribution in [2.75, 3.05) is 0 Å². The fraction of sp³-hybridized carbons (Fsp3) is 0.900. The van der Waals surface area contributed by atoms with Crippen LogP contribution < -0.4 is 11.2 Å². The number of hydrazine groups is 1. The van der Waals surface area contributed by atoms with Crippen molar-refractivity contribution in [3.63, 3.8) is 0 Å². The van der Waals surface area contributed by atoms with Crippen molar-refractivity contribution >= 4 is 5.91 Å². The van der Waals surface area contributed by atoms with Gasteiger partial charge < -0.3 is 5.73 Å². The Morgan fingerprint density at radius 3 is 2.36 bits per heavy atom. The van der Waals surface area contributed by atoms with Gasteiger partial charge in [0.1, 0.15) is 0 Å². The molecule has 0 aliphatic carbocycles. The van der Waals surface area contributed by atoms with Crippen LogP contribution in [0.1, 0.15) is 40.0 Å². The molecule has 0 bridgehead atoms. The smallest absolute Gasteiger partial charge is 0.235 e. The molecular weight excluding hydrogens is 178 g/mol. The first-order chi connectivity index (χ1) is 6.52. The van der Waals surface area contributed by atoms with Crippen molar-refractivity contribution in [2.45, 2.75) is 58.2 Å². The lowest BCUT2D eigenvalue weighted by molar-refractivity contribution is -0.122. The number of carbonyl (C=O) groups is 1. The molecule has 14 heavy (non-hydrogen) atoms. The minimum atomic E-state index is -0.296. The maximum Gasteiger partial charge on any atom is 0.235 e. The van der Waals surface area contributed by atoms with E-state index in [1.807, 2.05) is 0 Å². The Morgan fingerprint density at radius 2 is 1.93 bits per heavy atom. The van der Waals surface area contributed by atoms with Gasteiger partial charge in [-0.05, 0) is 33.6 Å². The normalized spacial score (nSPS) is 31.4. The second-order valence-corrected chi connectivity index (χ2v) is 4.29. The number of nitrogens with two attached hydrogens (primary N) is 1. The van der Waals surface area contributed by atoms with Crippen molar-refractivity contribution in [3.8, 4) is 0 Å². The average molecular weight is 199 g/mol. The van der Waals surface area contributed by atoms with Crippen molar-refractivity contribution < 1.29 is 4.79 Å².